The Morgan fingerprint density at radius 1 is 1.20 bits per heavy atom. The highest BCUT2D eigenvalue weighted by molar-refractivity contribution is 5.90. The third-order valence-electron chi connectivity index (χ3n) is 4.18. The standard InChI is InChI=1S/C20H24N2O3/c1-22-12-14-25-19(15-22)16-7-9-17(10-8-16)21-20(23)11-13-24-18-5-3-2-4-6-18/h2-10,19H,11-15H2,1H3,(H,21,23). The van der Waals surface area contributed by atoms with Crippen molar-refractivity contribution in [2.45, 2.75) is 12.5 Å². The average molecular weight is 340 g/mol. The summed E-state index contributed by atoms with van der Waals surface area (Å²) < 4.78 is 11.3. The number of likely N-dealkylation sites (N-methyl/N-ethyl adjacent to an activating group) is 1. The second-order valence-electron chi connectivity index (χ2n) is 6.20. The Morgan fingerprint density at radius 2 is 1.96 bits per heavy atom. The van der Waals surface area contributed by atoms with Crippen molar-refractivity contribution in [2.75, 3.05) is 38.7 Å². The molecule has 1 atom stereocenters. The fourth-order valence-corrected chi connectivity index (χ4v) is 2.76. The Kier molecular flexibility index (Phi) is 6.04. The van der Waals surface area contributed by atoms with Gasteiger partial charge >= 0.3 is 0 Å². The van der Waals surface area contributed by atoms with E-state index in [2.05, 4.69) is 17.3 Å². The maximum Gasteiger partial charge on any atom is 0.227 e. The zero-order valence-corrected chi connectivity index (χ0v) is 14.5. The van der Waals surface area contributed by atoms with E-state index in [1.54, 1.807) is 0 Å². The number of amides is 1. The molecule has 0 radical (unpaired) electrons. The second-order valence-corrected chi connectivity index (χ2v) is 6.20. The summed E-state index contributed by atoms with van der Waals surface area (Å²) >= 11 is 0. The normalized spacial score (nSPS) is 17.9. The van der Waals surface area contributed by atoms with Crippen molar-refractivity contribution in [3.63, 3.8) is 0 Å². The smallest absolute Gasteiger partial charge is 0.227 e. The largest absolute Gasteiger partial charge is 0.493 e. The van der Waals surface area contributed by atoms with Crippen LogP contribution in [0.3, 0.4) is 0 Å². The van der Waals surface area contributed by atoms with Crippen LogP contribution in [0, 0.1) is 0 Å². The molecule has 132 valence electrons. The summed E-state index contributed by atoms with van der Waals surface area (Å²) in [6, 6.07) is 17.4. The predicted octanol–water partition coefficient (Wildman–Crippen LogP) is 3.10. The first-order chi connectivity index (χ1) is 12.2. The molecule has 1 heterocycles. The van der Waals surface area contributed by atoms with Gasteiger partial charge in [0.1, 0.15) is 5.75 Å². The summed E-state index contributed by atoms with van der Waals surface area (Å²) in [6.45, 7) is 2.97. The second kappa shape index (κ2) is 8.65. The number of nitrogens with zero attached hydrogens (tertiary/aromatic N) is 1. The first kappa shape index (κ1) is 17.5. The van der Waals surface area contributed by atoms with Crippen molar-refractivity contribution in [1.82, 2.24) is 4.90 Å². The zero-order valence-electron chi connectivity index (χ0n) is 14.5. The van der Waals surface area contributed by atoms with Crippen LogP contribution in [-0.2, 0) is 9.53 Å². The molecule has 1 fully saturated rings. The molecule has 0 saturated carbocycles. The minimum Gasteiger partial charge on any atom is -0.493 e. The Morgan fingerprint density at radius 3 is 2.68 bits per heavy atom. The lowest BCUT2D eigenvalue weighted by Crippen LogP contribution is -2.35. The molecule has 0 spiro atoms. The van der Waals surface area contributed by atoms with Crippen molar-refractivity contribution in [3.8, 4) is 5.75 Å². The van der Waals surface area contributed by atoms with Gasteiger partial charge in [-0.3, -0.25) is 4.79 Å². The van der Waals surface area contributed by atoms with E-state index in [9.17, 15) is 4.79 Å². The first-order valence-electron chi connectivity index (χ1n) is 8.58. The summed E-state index contributed by atoms with van der Waals surface area (Å²) in [5, 5.41) is 2.90. The summed E-state index contributed by atoms with van der Waals surface area (Å²) in [7, 11) is 2.10. The van der Waals surface area contributed by atoms with Gasteiger partial charge in [-0.25, -0.2) is 0 Å². The predicted molar refractivity (Wildman–Crippen MR) is 97.8 cm³/mol. The lowest BCUT2D eigenvalue weighted by Gasteiger charge is -2.30. The van der Waals surface area contributed by atoms with Crippen LogP contribution in [0.5, 0.6) is 5.75 Å². The van der Waals surface area contributed by atoms with Gasteiger partial charge in [-0.15, -0.1) is 0 Å². The first-order valence-corrected chi connectivity index (χ1v) is 8.58. The molecule has 5 heteroatoms. The highest BCUT2D eigenvalue weighted by Crippen LogP contribution is 2.23. The maximum absolute atomic E-state index is 12.0. The summed E-state index contributed by atoms with van der Waals surface area (Å²) in [4.78, 5) is 14.3. The van der Waals surface area contributed by atoms with E-state index in [0.29, 0.717) is 13.0 Å². The fraction of sp³-hybridized carbons (Fsp3) is 0.350. The Balaban J connectivity index is 1.45. The van der Waals surface area contributed by atoms with E-state index in [1.807, 2.05) is 54.6 Å². The number of carbonyl (C=O) groups is 1. The van der Waals surface area contributed by atoms with Gasteiger partial charge in [0.2, 0.25) is 5.91 Å². The molecule has 1 aliphatic heterocycles. The third-order valence-corrected chi connectivity index (χ3v) is 4.18. The molecular formula is C20H24N2O3. The number of para-hydroxylation sites is 1. The summed E-state index contributed by atoms with van der Waals surface area (Å²) in [5.41, 5.74) is 1.93. The highest BCUT2D eigenvalue weighted by atomic mass is 16.5. The third kappa shape index (κ3) is 5.31. The topological polar surface area (TPSA) is 50.8 Å². The van der Waals surface area contributed by atoms with E-state index in [0.717, 1.165) is 36.7 Å². The number of nitrogens with one attached hydrogen (secondary N) is 1. The molecule has 1 aliphatic rings. The van der Waals surface area contributed by atoms with Crippen LogP contribution in [-0.4, -0.2) is 44.2 Å². The quantitative estimate of drug-likeness (QED) is 0.878. The molecule has 0 aromatic heterocycles. The van der Waals surface area contributed by atoms with Crippen LogP contribution >= 0.6 is 0 Å². The Labute approximate surface area is 148 Å². The fourth-order valence-electron chi connectivity index (χ4n) is 2.76. The molecule has 2 aromatic rings. The van der Waals surface area contributed by atoms with Gasteiger partial charge < -0.3 is 19.7 Å². The monoisotopic (exact) mass is 340 g/mol. The lowest BCUT2D eigenvalue weighted by atomic mass is 10.1. The van der Waals surface area contributed by atoms with Crippen molar-refractivity contribution >= 4 is 11.6 Å². The molecule has 1 saturated heterocycles. The number of anilines is 1. The highest BCUT2D eigenvalue weighted by Gasteiger charge is 2.19. The van der Waals surface area contributed by atoms with Crippen molar-refractivity contribution in [1.29, 1.82) is 0 Å². The molecular weight excluding hydrogens is 316 g/mol. The number of hydrogen-bond donors (Lipinski definition) is 1. The lowest BCUT2D eigenvalue weighted by molar-refractivity contribution is -0.116. The SMILES string of the molecule is CN1CCOC(c2ccc(NC(=O)CCOc3ccccc3)cc2)C1. The van der Waals surface area contributed by atoms with Crippen molar-refractivity contribution in [2.24, 2.45) is 0 Å². The molecule has 5 nitrogen and oxygen atoms in total. The number of hydrogen-bond acceptors (Lipinski definition) is 4. The number of carbonyl (C=O) groups excluding carboxylic acids is 1. The molecule has 1 unspecified atom stereocenters. The van der Waals surface area contributed by atoms with Gasteiger partial charge in [-0.1, -0.05) is 30.3 Å². The summed E-state index contributed by atoms with van der Waals surface area (Å²) in [6.07, 6.45) is 0.412. The summed E-state index contributed by atoms with van der Waals surface area (Å²) in [5.74, 6) is 0.717. The molecule has 3 rings (SSSR count). The van der Waals surface area contributed by atoms with Gasteiger partial charge in [-0.2, -0.15) is 0 Å². The van der Waals surface area contributed by atoms with E-state index in [-0.39, 0.29) is 12.0 Å². The maximum atomic E-state index is 12.0. The van der Waals surface area contributed by atoms with Crippen LogP contribution in [0.25, 0.3) is 0 Å². The molecule has 0 aliphatic carbocycles. The molecule has 0 bridgehead atoms. The van der Waals surface area contributed by atoms with Crippen LogP contribution in [0.2, 0.25) is 0 Å². The number of morpholine rings is 1. The average Bonchev–Trinajstić information content (AvgIpc) is 2.63. The van der Waals surface area contributed by atoms with Crippen LogP contribution < -0.4 is 10.1 Å². The molecule has 2 aromatic carbocycles. The van der Waals surface area contributed by atoms with E-state index >= 15 is 0 Å². The minimum atomic E-state index is -0.0580. The number of ether oxygens (including phenoxy) is 2. The van der Waals surface area contributed by atoms with Crippen LogP contribution in [0.4, 0.5) is 5.69 Å². The number of rotatable bonds is 6. The van der Waals surface area contributed by atoms with Gasteiger partial charge in [0.05, 0.1) is 25.7 Å². The van der Waals surface area contributed by atoms with Crippen LogP contribution in [0.15, 0.2) is 54.6 Å². The molecule has 25 heavy (non-hydrogen) atoms. The zero-order chi connectivity index (χ0) is 17.5. The Bertz CT molecular complexity index is 673. The van der Waals surface area contributed by atoms with Gasteiger partial charge in [0.15, 0.2) is 0 Å². The van der Waals surface area contributed by atoms with E-state index in [1.165, 1.54) is 0 Å². The van der Waals surface area contributed by atoms with Crippen molar-refractivity contribution < 1.29 is 14.3 Å². The Hall–Kier alpha value is -2.37. The van der Waals surface area contributed by atoms with Gasteiger partial charge in [0.25, 0.3) is 0 Å². The van der Waals surface area contributed by atoms with Crippen LogP contribution in [0.1, 0.15) is 18.1 Å². The van der Waals surface area contributed by atoms with Gasteiger partial charge in [0, 0.05) is 18.8 Å². The number of benzene rings is 2. The minimum absolute atomic E-state index is 0.0580. The van der Waals surface area contributed by atoms with E-state index < -0.39 is 0 Å². The van der Waals surface area contributed by atoms with Crippen molar-refractivity contribution in [3.05, 3.63) is 60.2 Å². The van der Waals surface area contributed by atoms with Gasteiger partial charge in [-0.05, 0) is 36.9 Å². The molecule has 1 amide bonds. The van der Waals surface area contributed by atoms with E-state index in [4.69, 9.17) is 9.47 Å². The molecule has 1 N–H and O–H groups in total.